The number of benzene rings is 3. The van der Waals surface area contributed by atoms with Crippen LogP contribution in [0.1, 0.15) is 74.5 Å². The Morgan fingerprint density at radius 2 is 1.69 bits per heavy atom. The maximum atomic E-state index is 9.86. The van der Waals surface area contributed by atoms with E-state index in [1.54, 1.807) is 17.8 Å². The van der Waals surface area contributed by atoms with Gasteiger partial charge in [-0.15, -0.1) is 18.3 Å². The summed E-state index contributed by atoms with van der Waals surface area (Å²) in [5.74, 6) is 1.61. The van der Waals surface area contributed by atoms with Gasteiger partial charge in [0, 0.05) is 36.0 Å². The zero-order valence-electron chi connectivity index (χ0n) is 30.3. The second kappa shape index (κ2) is 17.3. The number of fused-ring (bicyclic) bond motifs is 2. The normalized spacial score (nSPS) is 25.7. The molecule has 1 heterocycles. The number of rotatable bonds is 17. The van der Waals surface area contributed by atoms with Crippen LogP contribution in [-0.2, 0) is 9.57 Å². The topological polar surface area (TPSA) is 89.7 Å². The van der Waals surface area contributed by atoms with Gasteiger partial charge in [0.15, 0.2) is 0 Å². The molecule has 3 aromatic rings. The van der Waals surface area contributed by atoms with Gasteiger partial charge in [0.25, 0.3) is 0 Å². The van der Waals surface area contributed by atoms with Crippen molar-refractivity contribution in [3.63, 3.8) is 0 Å². The number of aliphatic hydroxyl groups excluding tert-OH is 2. The van der Waals surface area contributed by atoms with Gasteiger partial charge < -0.3 is 29.3 Å². The summed E-state index contributed by atoms with van der Waals surface area (Å²) in [5.41, 5.74) is 5.57. The van der Waals surface area contributed by atoms with Crippen molar-refractivity contribution in [3.05, 3.63) is 108 Å². The maximum Gasteiger partial charge on any atom is 0.231 e. The zero-order valence-corrected chi connectivity index (χ0v) is 31.1. The fourth-order valence-electron chi connectivity index (χ4n) is 8.21. The minimum Gasteiger partial charge on any atom is -0.460 e. The molecule has 0 aromatic heterocycles. The highest BCUT2D eigenvalue weighted by molar-refractivity contribution is 8.00. The standard InChI is InChI=1S/C43H53NO6S/c1-5-24-47-43-40(51-34-15-8-7-9-16-34)28-38(44-48-6-2)36-26-31(14-10-12-22-45)35(17-11-13-23-46)41(42(36)43)37-27-33(20-21-39(37)50-43)49-32-19-18-29(3)30(4)25-32/h5,7-9,15-16,18-21,25-27,31,35,40-42,45-46H,1,6,10-14,17,22-24,28H2,2-4H3/t31-,35+,40-,41+,42+,43+/m0/s1. The van der Waals surface area contributed by atoms with E-state index in [0.717, 1.165) is 77.5 Å². The third kappa shape index (κ3) is 8.10. The summed E-state index contributed by atoms with van der Waals surface area (Å²) in [6, 6.07) is 22.9. The van der Waals surface area contributed by atoms with Gasteiger partial charge in [-0.1, -0.05) is 54.4 Å². The summed E-state index contributed by atoms with van der Waals surface area (Å²) >= 11 is 1.76. The Morgan fingerprint density at radius 3 is 2.41 bits per heavy atom. The quantitative estimate of drug-likeness (QED) is 0.0819. The van der Waals surface area contributed by atoms with Crippen LogP contribution in [-0.4, -0.2) is 53.4 Å². The number of hydrogen-bond donors (Lipinski definition) is 2. The van der Waals surface area contributed by atoms with Gasteiger partial charge in [0.1, 0.15) is 23.9 Å². The molecule has 3 aliphatic rings. The zero-order chi connectivity index (χ0) is 35.8. The van der Waals surface area contributed by atoms with Crippen LogP contribution in [0.4, 0.5) is 0 Å². The van der Waals surface area contributed by atoms with Gasteiger partial charge in [-0.3, -0.25) is 0 Å². The van der Waals surface area contributed by atoms with Crippen molar-refractivity contribution in [2.45, 2.75) is 87.6 Å². The van der Waals surface area contributed by atoms with E-state index in [4.69, 9.17) is 24.2 Å². The Kier molecular flexibility index (Phi) is 12.6. The molecule has 0 amide bonds. The first kappa shape index (κ1) is 37.2. The number of hydrogen-bond acceptors (Lipinski definition) is 8. The second-order valence-electron chi connectivity index (χ2n) is 13.9. The van der Waals surface area contributed by atoms with Crippen LogP contribution >= 0.6 is 11.8 Å². The Balaban J connectivity index is 1.55. The summed E-state index contributed by atoms with van der Waals surface area (Å²) in [7, 11) is 0. The van der Waals surface area contributed by atoms with Gasteiger partial charge in [0.05, 0.1) is 23.5 Å². The van der Waals surface area contributed by atoms with Crippen molar-refractivity contribution >= 4 is 17.5 Å². The molecular formula is C43H53NO6S. The third-order valence-corrected chi connectivity index (χ3v) is 12.0. The van der Waals surface area contributed by atoms with E-state index in [2.05, 4.69) is 75.0 Å². The molecule has 0 radical (unpaired) electrons. The highest BCUT2D eigenvalue weighted by Crippen LogP contribution is 2.63. The number of oxime groups is 1. The number of thioether (sulfide) groups is 1. The summed E-state index contributed by atoms with van der Waals surface area (Å²) in [4.78, 5) is 6.96. The van der Waals surface area contributed by atoms with Gasteiger partial charge in [-0.25, -0.2) is 0 Å². The lowest BCUT2D eigenvalue weighted by atomic mass is 9.56. The van der Waals surface area contributed by atoms with E-state index in [1.165, 1.54) is 11.1 Å². The van der Waals surface area contributed by atoms with Crippen LogP contribution in [0.15, 0.2) is 101 Å². The molecule has 1 saturated carbocycles. The van der Waals surface area contributed by atoms with Crippen molar-refractivity contribution in [2.24, 2.45) is 22.9 Å². The number of ether oxygens (including phenoxy) is 3. The van der Waals surface area contributed by atoms with Gasteiger partial charge in [0.2, 0.25) is 5.79 Å². The third-order valence-electron chi connectivity index (χ3n) is 10.7. The van der Waals surface area contributed by atoms with Crippen molar-refractivity contribution in [2.75, 3.05) is 26.4 Å². The van der Waals surface area contributed by atoms with Crippen LogP contribution in [0.25, 0.3) is 0 Å². The molecule has 8 heteroatoms. The highest BCUT2D eigenvalue weighted by Gasteiger charge is 2.64. The second-order valence-corrected chi connectivity index (χ2v) is 15.2. The molecule has 51 heavy (non-hydrogen) atoms. The summed E-state index contributed by atoms with van der Waals surface area (Å²) in [5, 5.41) is 24.3. The van der Waals surface area contributed by atoms with Crippen LogP contribution in [0.3, 0.4) is 0 Å². The summed E-state index contributed by atoms with van der Waals surface area (Å²) in [6.07, 6.45) is 10.0. The van der Waals surface area contributed by atoms with E-state index in [-0.39, 0.29) is 42.1 Å². The lowest BCUT2D eigenvalue weighted by molar-refractivity contribution is -0.223. The molecule has 2 aliphatic carbocycles. The predicted octanol–water partition coefficient (Wildman–Crippen LogP) is 9.54. The number of aryl methyl sites for hydroxylation is 2. The average molecular weight is 712 g/mol. The molecule has 0 unspecified atom stereocenters. The Bertz CT molecular complexity index is 1690. The smallest absolute Gasteiger partial charge is 0.231 e. The molecule has 3 aromatic carbocycles. The highest BCUT2D eigenvalue weighted by atomic mass is 32.2. The molecule has 272 valence electrons. The Labute approximate surface area is 307 Å². The predicted molar refractivity (Wildman–Crippen MR) is 205 cm³/mol. The van der Waals surface area contributed by atoms with E-state index in [9.17, 15) is 10.2 Å². The minimum absolute atomic E-state index is 0.00527. The van der Waals surface area contributed by atoms with Crippen LogP contribution < -0.4 is 9.47 Å². The number of allylic oxidation sites excluding steroid dienone is 1. The molecule has 0 saturated heterocycles. The Morgan fingerprint density at radius 1 is 0.941 bits per heavy atom. The Hall–Kier alpha value is -3.56. The molecule has 0 bridgehead atoms. The fourth-order valence-corrected chi connectivity index (χ4v) is 9.52. The molecule has 0 spiro atoms. The number of unbranched alkanes of at least 4 members (excludes halogenated alkanes) is 2. The fraction of sp³-hybridized carbons (Fsp3) is 0.465. The number of nitrogens with zero attached hydrogens (tertiary/aromatic N) is 1. The SMILES string of the molecule is C=CCO[C@@]12Oc3ccc(Oc4ccc(C)c(C)c4)cc3[C@H]3[C@H](CCCCO)[C@@H](CCCCO)C=C(C(=NOCC)C[C@@H]1Sc1ccccc1)[C@H]32. The molecule has 1 aliphatic heterocycles. The largest absolute Gasteiger partial charge is 0.460 e. The van der Waals surface area contributed by atoms with E-state index in [0.29, 0.717) is 19.6 Å². The lowest BCUT2D eigenvalue weighted by Gasteiger charge is -2.58. The molecular weight excluding hydrogens is 659 g/mol. The summed E-state index contributed by atoms with van der Waals surface area (Å²) < 4.78 is 20.8. The number of aliphatic hydroxyl groups is 2. The monoisotopic (exact) mass is 711 g/mol. The molecule has 1 fully saturated rings. The average Bonchev–Trinajstić information content (AvgIpc) is 3.14. The van der Waals surface area contributed by atoms with Crippen molar-refractivity contribution in [1.29, 1.82) is 0 Å². The molecule has 2 N–H and O–H groups in total. The molecule has 7 nitrogen and oxygen atoms in total. The van der Waals surface area contributed by atoms with E-state index in [1.807, 2.05) is 25.1 Å². The first-order valence-electron chi connectivity index (χ1n) is 18.6. The van der Waals surface area contributed by atoms with Crippen LogP contribution in [0.5, 0.6) is 17.2 Å². The van der Waals surface area contributed by atoms with E-state index < -0.39 is 5.79 Å². The first-order chi connectivity index (χ1) is 24.9. The lowest BCUT2D eigenvalue weighted by Crippen LogP contribution is -2.64. The van der Waals surface area contributed by atoms with Crippen LogP contribution in [0.2, 0.25) is 0 Å². The van der Waals surface area contributed by atoms with Crippen molar-refractivity contribution in [1.82, 2.24) is 0 Å². The maximum absolute atomic E-state index is 9.86. The van der Waals surface area contributed by atoms with Gasteiger partial charge >= 0.3 is 0 Å². The molecule has 6 atom stereocenters. The molecule has 6 rings (SSSR count). The van der Waals surface area contributed by atoms with Crippen molar-refractivity contribution in [3.8, 4) is 17.2 Å². The van der Waals surface area contributed by atoms with E-state index >= 15 is 0 Å². The summed E-state index contributed by atoms with van der Waals surface area (Å²) in [6.45, 7) is 11.4. The minimum atomic E-state index is -1.02. The van der Waals surface area contributed by atoms with Gasteiger partial charge in [-0.05, 0) is 117 Å². The van der Waals surface area contributed by atoms with Gasteiger partial charge in [-0.2, -0.15) is 0 Å². The first-order valence-corrected chi connectivity index (χ1v) is 19.5. The van der Waals surface area contributed by atoms with Crippen molar-refractivity contribution < 1.29 is 29.3 Å². The van der Waals surface area contributed by atoms with Crippen LogP contribution in [0, 0.1) is 31.6 Å².